The third-order valence-corrected chi connectivity index (χ3v) is 3.73. The van der Waals surface area contributed by atoms with Crippen LogP contribution in [0.3, 0.4) is 0 Å². The summed E-state index contributed by atoms with van der Waals surface area (Å²) in [4.78, 5) is 12.0. The lowest BCUT2D eigenvalue weighted by molar-refractivity contribution is -0.138. The highest BCUT2D eigenvalue weighted by molar-refractivity contribution is 6.30. The molecule has 0 unspecified atom stereocenters. The molecule has 2 aromatic heterocycles. The van der Waals surface area contributed by atoms with Gasteiger partial charge in [0, 0.05) is 6.20 Å². The molecule has 3 rings (SSSR count). The molecule has 6 nitrogen and oxygen atoms in total. The summed E-state index contributed by atoms with van der Waals surface area (Å²) in [5.74, 6) is 0.237. The zero-order valence-corrected chi connectivity index (χ0v) is 13.4. The van der Waals surface area contributed by atoms with Gasteiger partial charge in [0.1, 0.15) is 5.02 Å². The first-order chi connectivity index (χ1) is 11.8. The van der Waals surface area contributed by atoms with E-state index in [9.17, 15) is 18.0 Å². The van der Waals surface area contributed by atoms with Crippen LogP contribution in [-0.4, -0.2) is 24.8 Å². The highest BCUT2D eigenvalue weighted by Gasteiger charge is 2.32. The zero-order valence-electron chi connectivity index (χ0n) is 12.6. The Balaban J connectivity index is 1.93. The van der Waals surface area contributed by atoms with Crippen molar-refractivity contribution in [2.75, 3.05) is 0 Å². The lowest BCUT2D eigenvalue weighted by atomic mass is 10.2. The monoisotopic (exact) mass is 369 g/mol. The van der Waals surface area contributed by atoms with Gasteiger partial charge in [0.15, 0.2) is 5.82 Å². The SMILES string of the molecule is O=c1c(Cl)cc(C(F)(F)F)cn1Cc1nnnn1Cc1ccccc1. The van der Waals surface area contributed by atoms with E-state index in [1.807, 2.05) is 30.3 Å². The molecule has 2 heterocycles. The molecule has 0 amide bonds. The van der Waals surface area contributed by atoms with Gasteiger partial charge >= 0.3 is 6.18 Å². The largest absolute Gasteiger partial charge is 0.417 e. The van der Waals surface area contributed by atoms with E-state index in [4.69, 9.17) is 11.6 Å². The molecule has 0 atom stereocenters. The second-order valence-corrected chi connectivity index (χ2v) is 5.65. The number of aromatic nitrogens is 5. The molecule has 10 heteroatoms. The van der Waals surface area contributed by atoms with E-state index in [2.05, 4.69) is 15.5 Å². The zero-order chi connectivity index (χ0) is 18.0. The van der Waals surface area contributed by atoms with E-state index >= 15 is 0 Å². The molecule has 1 aromatic carbocycles. The van der Waals surface area contributed by atoms with Crippen LogP contribution in [0.1, 0.15) is 17.0 Å². The molecule has 0 aliphatic carbocycles. The molecule has 0 spiro atoms. The highest BCUT2D eigenvalue weighted by Crippen LogP contribution is 2.29. The number of benzene rings is 1. The normalized spacial score (nSPS) is 11.7. The standard InChI is InChI=1S/C15H11ClF3N5O/c16-12-6-11(15(17,18)19)8-23(14(12)25)9-13-20-21-22-24(13)7-10-4-2-1-3-5-10/h1-6,8H,7,9H2. The Kier molecular flexibility index (Phi) is 4.58. The van der Waals surface area contributed by atoms with E-state index in [0.717, 1.165) is 10.1 Å². The van der Waals surface area contributed by atoms with Crippen molar-refractivity contribution in [3.05, 3.63) is 74.9 Å². The first-order valence-electron chi connectivity index (χ1n) is 7.11. The van der Waals surface area contributed by atoms with Gasteiger partial charge in [-0.25, -0.2) is 4.68 Å². The van der Waals surface area contributed by atoms with E-state index in [-0.39, 0.29) is 12.4 Å². The van der Waals surface area contributed by atoms with Crippen LogP contribution < -0.4 is 5.56 Å². The first-order valence-corrected chi connectivity index (χ1v) is 7.48. The Bertz CT molecular complexity index is 936. The van der Waals surface area contributed by atoms with Crippen molar-refractivity contribution in [3.8, 4) is 0 Å². The lowest BCUT2D eigenvalue weighted by Gasteiger charge is -2.12. The summed E-state index contributed by atoms with van der Waals surface area (Å²) < 4.78 is 41.0. The molecular weight excluding hydrogens is 359 g/mol. The molecule has 0 radical (unpaired) electrons. The summed E-state index contributed by atoms with van der Waals surface area (Å²) in [5, 5.41) is 10.6. The van der Waals surface area contributed by atoms with Gasteiger partial charge in [-0.15, -0.1) is 5.10 Å². The predicted molar refractivity (Wildman–Crippen MR) is 83.2 cm³/mol. The number of pyridine rings is 1. The molecule has 0 bridgehead atoms. The molecule has 0 N–H and O–H groups in total. The summed E-state index contributed by atoms with van der Waals surface area (Å²) in [6.07, 6.45) is -3.91. The van der Waals surface area contributed by atoms with Crippen molar-refractivity contribution < 1.29 is 13.2 Å². The number of tetrazole rings is 1. The van der Waals surface area contributed by atoms with Crippen LogP contribution in [-0.2, 0) is 19.3 Å². The number of hydrogen-bond acceptors (Lipinski definition) is 4. The number of rotatable bonds is 4. The van der Waals surface area contributed by atoms with E-state index in [1.165, 1.54) is 4.68 Å². The van der Waals surface area contributed by atoms with Crippen LogP contribution in [0.2, 0.25) is 5.02 Å². The van der Waals surface area contributed by atoms with Gasteiger partial charge in [-0.2, -0.15) is 13.2 Å². The average molecular weight is 370 g/mol. The topological polar surface area (TPSA) is 65.6 Å². The first kappa shape index (κ1) is 17.2. The van der Waals surface area contributed by atoms with Crippen molar-refractivity contribution in [2.24, 2.45) is 0 Å². The summed E-state index contributed by atoms with van der Waals surface area (Å²) in [6, 6.07) is 9.87. The van der Waals surface area contributed by atoms with Crippen LogP contribution in [0.15, 0.2) is 47.4 Å². The lowest BCUT2D eigenvalue weighted by Crippen LogP contribution is -2.25. The molecule has 0 saturated heterocycles. The van der Waals surface area contributed by atoms with Gasteiger partial charge in [0.25, 0.3) is 5.56 Å². The Morgan fingerprint density at radius 3 is 2.52 bits per heavy atom. The fourth-order valence-electron chi connectivity index (χ4n) is 2.24. The predicted octanol–water partition coefficient (Wildman–Crippen LogP) is 2.60. The van der Waals surface area contributed by atoms with Gasteiger partial charge < -0.3 is 4.57 Å². The summed E-state index contributed by atoms with van der Waals surface area (Å²) >= 11 is 5.64. The third kappa shape index (κ3) is 3.87. The fourth-order valence-corrected chi connectivity index (χ4v) is 2.47. The number of nitrogens with zero attached hydrogens (tertiary/aromatic N) is 5. The van der Waals surface area contributed by atoms with E-state index in [1.54, 1.807) is 0 Å². The molecule has 3 aromatic rings. The van der Waals surface area contributed by atoms with Crippen molar-refractivity contribution in [3.63, 3.8) is 0 Å². The fraction of sp³-hybridized carbons (Fsp3) is 0.200. The Morgan fingerprint density at radius 2 is 1.84 bits per heavy atom. The van der Waals surface area contributed by atoms with Crippen LogP contribution in [0, 0.1) is 0 Å². The number of halogens is 4. The highest BCUT2D eigenvalue weighted by atomic mass is 35.5. The van der Waals surface area contributed by atoms with Crippen LogP contribution in [0.5, 0.6) is 0 Å². The summed E-state index contributed by atoms with van der Waals surface area (Å²) in [5.41, 5.74) is -0.853. The van der Waals surface area contributed by atoms with Crippen LogP contribution in [0.25, 0.3) is 0 Å². The number of alkyl halides is 3. The minimum Gasteiger partial charge on any atom is -0.306 e. The van der Waals surface area contributed by atoms with Crippen molar-refractivity contribution >= 4 is 11.6 Å². The molecule has 0 fully saturated rings. The quantitative estimate of drug-likeness (QED) is 0.709. The molecule has 0 saturated carbocycles. The maximum absolute atomic E-state index is 12.9. The Hall–Kier alpha value is -2.68. The molecule has 130 valence electrons. The summed E-state index contributed by atoms with van der Waals surface area (Å²) in [7, 11) is 0. The minimum absolute atomic E-state index is 0.234. The van der Waals surface area contributed by atoms with E-state index < -0.39 is 22.3 Å². The molecule has 0 aliphatic rings. The third-order valence-electron chi connectivity index (χ3n) is 3.46. The molecule has 25 heavy (non-hydrogen) atoms. The Labute approximate surface area is 144 Å². The smallest absolute Gasteiger partial charge is 0.306 e. The Morgan fingerprint density at radius 1 is 1.12 bits per heavy atom. The minimum atomic E-state index is -4.62. The van der Waals surface area contributed by atoms with Gasteiger partial charge in [-0.1, -0.05) is 41.9 Å². The van der Waals surface area contributed by atoms with Crippen molar-refractivity contribution in [2.45, 2.75) is 19.3 Å². The maximum Gasteiger partial charge on any atom is 0.417 e. The number of hydrogen-bond donors (Lipinski definition) is 0. The maximum atomic E-state index is 12.9. The molecule has 0 aliphatic heterocycles. The van der Waals surface area contributed by atoms with Gasteiger partial charge in [-0.3, -0.25) is 4.79 Å². The second kappa shape index (κ2) is 6.67. The van der Waals surface area contributed by atoms with E-state index in [0.29, 0.717) is 18.8 Å². The average Bonchev–Trinajstić information content (AvgIpc) is 2.98. The van der Waals surface area contributed by atoms with Gasteiger partial charge in [0.2, 0.25) is 0 Å². The van der Waals surface area contributed by atoms with Gasteiger partial charge in [0.05, 0.1) is 18.7 Å². The second-order valence-electron chi connectivity index (χ2n) is 5.25. The van der Waals surface area contributed by atoms with Crippen molar-refractivity contribution in [1.82, 2.24) is 24.8 Å². The molecular formula is C15H11ClF3N5O. The van der Waals surface area contributed by atoms with Gasteiger partial charge in [-0.05, 0) is 22.1 Å². The van der Waals surface area contributed by atoms with Crippen LogP contribution in [0.4, 0.5) is 13.2 Å². The van der Waals surface area contributed by atoms with Crippen LogP contribution >= 0.6 is 11.6 Å². The van der Waals surface area contributed by atoms with Crippen molar-refractivity contribution in [1.29, 1.82) is 0 Å². The summed E-state index contributed by atoms with van der Waals surface area (Å²) in [6.45, 7) is 0.0902.